The predicted molar refractivity (Wildman–Crippen MR) is 94.1 cm³/mol. The molecule has 0 aliphatic carbocycles. The number of hydrogen-bond donors (Lipinski definition) is 3. The number of carbonyl (C=O) groups excluding carboxylic acids is 2. The van der Waals surface area contributed by atoms with Gasteiger partial charge >= 0.3 is 11.8 Å². The van der Waals surface area contributed by atoms with Crippen LogP contribution in [0.4, 0.5) is 0 Å². The van der Waals surface area contributed by atoms with E-state index in [0.29, 0.717) is 19.7 Å². The minimum Gasteiger partial charge on any atom is -0.396 e. The molecule has 0 bridgehead atoms. The van der Waals surface area contributed by atoms with Crippen molar-refractivity contribution in [3.05, 3.63) is 12.2 Å². The van der Waals surface area contributed by atoms with Gasteiger partial charge in [0.2, 0.25) is 0 Å². The Kier molecular flexibility index (Phi) is 16.0. The number of nitrogens with one attached hydrogen (secondary N) is 2. The zero-order chi connectivity index (χ0) is 17.2. The smallest absolute Gasteiger partial charge is 0.309 e. The Hall–Kier alpha value is -1.36. The summed E-state index contributed by atoms with van der Waals surface area (Å²) in [6, 6.07) is 0. The van der Waals surface area contributed by atoms with Gasteiger partial charge in [0.05, 0.1) is 0 Å². The summed E-state index contributed by atoms with van der Waals surface area (Å²) in [6.45, 7) is 3.45. The predicted octanol–water partition coefficient (Wildman–Crippen LogP) is 2.69. The molecule has 0 radical (unpaired) electrons. The molecule has 23 heavy (non-hydrogen) atoms. The third kappa shape index (κ3) is 15.3. The Morgan fingerprint density at radius 2 is 1.30 bits per heavy atom. The minimum atomic E-state index is -0.528. The zero-order valence-electron chi connectivity index (χ0n) is 14.6. The molecule has 0 heterocycles. The molecule has 0 atom stereocenters. The molecule has 0 aliphatic rings. The summed E-state index contributed by atoms with van der Waals surface area (Å²) >= 11 is 0. The van der Waals surface area contributed by atoms with Crippen LogP contribution in [0.5, 0.6) is 0 Å². The van der Waals surface area contributed by atoms with Gasteiger partial charge in [-0.2, -0.15) is 0 Å². The van der Waals surface area contributed by atoms with Gasteiger partial charge in [-0.05, 0) is 44.9 Å². The van der Waals surface area contributed by atoms with Crippen LogP contribution in [0.15, 0.2) is 12.2 Å². The number of amides is 2. The summed E-state index contributed by atoms with van der Waals surface area (Å²) in [5, 5.41) is 13.9. The van der Waals surface area contributed by atoms with Gasteiger partial charge in [-0.15, -0.1) is 0 Å². The number of rotatable bonds is 14. The topological polar surface area (TPSA) is 78.4 Å². The molecule has 0 rings (SSSR count). The number of allylic oxidation sites excluding steroid dienone is 2. The molecular weight excluding hydrogens is 292 g/mol. The van der Waals surface area contributed by atoms with Gasteiger partial charge in [0.1, 0.15) is 0 Å². The molecule has 5 heteroatoms. The van der Waals surface area contributed by atoms with Gasteiger partial charge in [-0.25, -0.2) is 0 Å². The lowest BCUT2D eigenvalue weighted by atomic mass is 10.1. The van der Waals surface area contributed by atoms with Crippen molar-refractivity contribution in [3.8, 4) is 0 Å². The van der Waals surface area contributed by atoms with Crippen LogP contribution in [0.1, 0.15) is 71.1 Å². The Labute approximate surface area is 140 Å². The van der Waals surface area contributed by atoms with Crippen molar-refractivity contribution in [1.29, 1.82) is 0 Å². The van der Waals surface area contributed by atoms with Crippen LogP contribution in [-0.4, -0.2) is 36.6 Å². The maximum Gasteiger partial charge on any atom is 0.309 e. The van der Waals surface area contributed by atoms with Crippen LogP contribution in [-0.2, 0) is 9.59 Å². The molecule has 134 valence electrons. The SMILES string of the molecule is CCCCNC(=O)C(=O)NCCCCC=CCCCCCCO. The molecule has 0 spiro atoms. The number of carbonyl (C=O) groups is 2. The molecule has 0 aromatic carbocycles. The van der Waals surface area contributed by atoms with Crippen molar-refractivity contribution in [2.24, 2.45) is 0 Å². The second kappa shape index (κ2) is 17.0. The maximum atomic E-state index is 11.5. The van der Waals surface area contributed by atoms with Crippen molar-refractivity contribution < 1.29 is 14.7 Å². The highest BCUT2D eigenvalue weighted by atomic mass is 16.3. The van der Waals surface area contributed by atoms with Crippen LogP contribution in [0.25, 0.3) is 0 Å². The van der Waals surface area contributed by atoms with E-state index in [0.717, 1.165) is 51.4 Å². The number of aliphatic hydroxyl groups excluding tert-OH is 1. The minimum absolute atomic E-state index is 0.298. The summed E-state index contributed by atoms with van der Waals surface area (Å²) in [7, 11) is 0. The molecule has 2 amide bonds. The van der Waals surface area contributed by atoms with Gasteiger partial charge in [-0.3, -0.25) is 9.59 Å². The molecule has 0 saturated heterocycles. The number of unbranched alkanes of at least 4 members (excludes halogenated alkanes) is 7. The third-order valence-electron chi connectivity index (χ3n) is 3.55. The van der Waals surface area contributed by atoms with Gasteiger partial charge < -0.3 is 15.7 Å². The highest BCUT2D eigenvalue weighted by Gasteiger charge is 2.10. The molecule has 0 aromatic heterocycles. The van der Waals surface area contributed by atoms with E-state index >= 15 is 0 Å². The van der Waals surface area contributed by atoms with Crippen LogP contribution >= 0.6 is 0 Å². The largest absolute Gasteiger partial charge is 0.396 e. The Balaban J connectivity index is 3.37. The quantitative estimate of drug-likeness (QED) is 0.261. The van der Waals surface area contributed by atoms with E-state index in [2.05, 4.69) is 22.8 Å². The lowest BCUT2D eigenvalue weighted by Crippen LogP contribution is -2.40. The molecule has 5 nitrogen and oxygen atoms in total. The fourth-order valence-corrected chi connectivity index (χ4v) is 2.09. The fraction of sp³-hybridized carbons (Fsp3) is 0.778. The van der Waals surface area contributed by atoms with E-state index in [1.54, 1.807) is 0 Å². The van der Waals surface area contributed by atoms with E-state index < -0.39 is 11.8 Å². The molecule has 0 saturated carbocycles. The highest BCUT2D eigenvalue weighted by molar-refractivity contribution is 6.35. The molecule has 0 unspecified atom stereocenters. The fourth-order valence-electron chi connectivity index (χ4n) is 2.09. The average Bonchev–Trinajstić information content (AvgIpc) is 2.55. The molecule has 0 fully saturated rings. The molecule has 0 aliphatic heterocycles. The van der Waals surface area contributed by atoms with Crippen LogP contribution < -0.4 is 10.6 Å². The highest BCUT2D eigenvalue weighted by Crippen LogP contribution is 2.04. The Morgan fingerprint density at radius 3 is 1.87 bits per heavy atom. The Bertz CT molecular complexity index is 330. The summed E-state index contributed by atoms with van der Waals surface area (Å²) in [5.41, 5.74) is 0. The third-order valence-corrected chi connectivity index (χ3v) is 3.55. The van der Waals surface area contributed by atoms with Crippen molar-refractivity contribution in [2.45, 2.75) is 71.1 Å². The van der Waals surface area contributed by atoms with Crippen LogP contribution in [0, 0.1) is 0 Å². The lowest BCUT2D eigenvalue weighted by Gasteiger charge is -2.05. The van der Waals surface area contributed by atoms with Crippen molar-refractivity contribution in [1.82, 2.24) is 10.6 Å². The van der Waals surface area contributed by atoms with Crippen molar-refractivity contribution in [3.63, 3.8) is 0 Å². The molecule has 3 N–H and O–H groups in total. The first-order valence-electron chi connectivity index (χ1n) is 9.04. The van der Waals surface area contributed by atoms with Gasteiger partial charge in [-0.1, -0.05) is 38.3 Å². The molecule has 0 aromatic rings. The summed E-state index contributed by atoms with van der Waals surface area (Å²) < 4.78 is 0. The van der Waals surface area contributed by atoms with Crippen LogP contribution in [0.3, 0.4) is 0 Å². The maximum absolute atomic E-state index is 11.5. The van der Waals surface area contributed by atoms with E-state index in [1.807, 2.05) is 6.92 Å². The van der Waals surface area contributed by atoms with Crippen molar-refractivity contribution >= 4 is 11.8 Å². The standard InChI is InChI=1S/C18H34N2O3/c1-2-3-14-19-17(22)18(23)20-15-12-10-8-6-4-5-7-9-11-13-16-21/h4,6,21H,2-3,5,7-16H2,1H3,(H,19,22)(H,20,23). The monoisotopic (exact) mass is 326 g/mol. The molecular formula is C18H34N2O3. The van der Waals surface area contributed by atoms with E-state index in [9.17, 15) is 9.59 Å². The first-order valence-corrected chi connectivity index (χ1v) is 9.04. The van der Waals surface area contributed by atoms with E-state index in [4.69, 9.17) is 5.11 Å². The zero-order valence-corrected chi connectivity index (χ0v) is 14.6. The van der Waals surface area contributed by atoms with E-state index in [-0.39, 0.29) is 0 Å². The average molecular weight is 326 g/mol. The number of aliphatic hydroxyl groups is 1. The lowest BCUT2D eigenvalue weighted by molar-refractivity contribution is -0.139. The van der Waals surface area contributed by atoms with Gasteiger partial charge in [0.15, 0.2) is 0 Å². The summed E-state index contributed by atoms with van der Waals surface area (Å²) in [6.07, 6.45) is 14.7. The number of hydrogen-bond acceptors (Lipinski definition) is 3. The van der Waals surface area contributed by atoms with Gasteiger partial charge in [0.25, 0.3) is 0 Å². The summed E-state index contributed by atoms with van der Waals surface area (Å²) in [4.78, 5) is 22.9. The van der Waals surface area contributed by atoms with Crippen molar-refractivity contribution in [2.75, 3.05) is 19.7 Å². The Morgan fingerprint density at radius 1 is 0.783 bits per heavy atom. The van der Waals surface area contributed by atoms with Crippen LogP contribution in [0.2, 0.25) is 0 Å². The summed E-state index contributed by atoms with van der Waals surface area (Å²) in [5.74, 6) is -1.06. The first-order chi connectivity index (χ1) is 11.2. The second-order valence-electron chi connectivity index (χ2n) is 5.76. The second-order valence-corrected chi connectivity index (χ2v) is 5.76. The first kappa shape index (κ1) is 21.6. The van der Waals surface area contributed by atoms with Gasteiger partial charge in [0, 0.05) is 19.7 Å². The van der Waals surface area contributed by atoms with E-state index in [1.165, 1.54) is 12.8 Å². The normalized spacial score (nSPS) is 10.9.